The first-order valence-electron chi connectivity index (χ1n) is 8.85. The molecular weight excluding hydrogens is 348 g/mol. The zero-order valence-electron chi connectivity index (χ0n) is 16.9. The number of nitrogens with one attached hydrogen (secondary N) is 2. The molecule has 0 aliphatic carbocycles. The van der Waals surface area contributed by atoms with E-state index in [-0.39, 0.29) is 13.2 Å². The first-order chi connectivity index (χ1) is 12.4. The van der Waals surface area contributed by atoms with Crippen molar-refractivity contribution in [2.45, 2.75) is 59.8 Å². The Labute approximate surface area is 160 Å². The van der Waals surface area contributed by atoms with Crippen molar-refractivity contribution in [2.75, 3.05) is 6.54 Å². The molecule has 0 radical (unpaired) electrons. The van der Waals surface area contributed by atoms with Crippen molar-refractivity contribution in [1.29, 1.82) is 0 Å². The van der Waals surface area contributed by atoms with Gasteiger partial charge in [0.15, 0.2) is 0 Å². The fourth-order valence-electron chi connectivity index (χ4n) is 2.15. The fraction of sp³-hybridized carbons (Fsp3) is 0.550. The molecule has 1 aromatic rings. The molecule has 1 atom stereocenters. The molecule has 0 spiro atoms. The Morgan fingerprint density at radius 2 is 1.59 bits per heavy atom. The van der Waals surface area contributed by atoms with Crippen LogP contribution in [0.25, 0.3) is 0 Å². The average molecular weight is 378 g/mol. The minimum absolute atomic E-state index is 0.133. The van der Waals surface area contributed by atoms with Crippen LogP contribution in [0.5, 0.6) is 0 Å². The third kappa shape index (κ3) is 9.08. The van der Waals surface area contributed by atoms with Crippen LogP contribution in [0, 0.1) is 5.41 Å². The highest BCUT2D eigenvalue weighted by Gasteiger charge is 2.34. The van der Waals surface area contributed by atoms with Gasteiger partial charge in [-0.3, -0.25) is 9.59 Å². The lowest BCUT2D eigenvalue weighted by Crippen LogP contribution is -2.55. The van der Waals surface area contributed by atoms with Crippen LogP contribution in [-0.2, 0) is 25.7 Å². The number of alkyl carbamates (subject to hydrolysis) is 1. The van der Waals surface area contributed by atoms with Crippen LogP contribution in [0.15, 0.2) is 30.3 Å². The Bertz CT molecular complexity index is 645. The van der Waals surface area contributed by atoms with E-state index < -0.39 is 35.0 Å². The monoisotopic (exact) mass is 378 g/mol. The predicted molar refractivity (Wildman–Crippen MR) is 102 cm³/mol. The van der Waals surface area contributed by atoms with Crippen LogP contribution >= 0.6 is 0 Å². The van der Waals surface area contributed by atoms with Gasteiger partial charge in [-0.2, -0.15) is 0 Å². The Morgan fingerprint density at radius 3 is 2.11 bits per heavy atom. The van der Waals surface area contributed by atoms with Crippen molar-refractivity contribution in [3.05, 3.63) is 35.9 Å². The van der Waals surface area contributed by atoms with Gasteiger partial charge in [-0.1, -0.05) is 51.1 Å². The number of benzene rings is 1. The molecule has 0 bridgehead atoms. The summed E-state index contributed by atoms with van der Waals surface area (Å²) in [5.41, 5.74) is -0.393. The van der Waals surface area contributed by atoms with Crippen LogP contribution in [0.2, 0.25) is 0 Å². The minimum atomic E-state index is -0.866. The number of carbonyl (C=O) groups is 3. The molecule has 2 N–H and O–H groups in total. The Morgan fingerprint density at radius 1 is 1.00 bits per heavy atom. The van der Waals surface area contributed by atoms with Gasteiger partial charge in [-0.25, -0.2) is 4.79 Å². The Kier molecular flexibility index (Phi) is 7.82. The summed E-state index contributed by atoms with van der Waals surface area (Å²) in [4.78, 5) is 36.3. The van der Waals surface area contributed by atoms with Gasteiger partial charge in [0.05, 0.1) is 0 Å². The molecule has 0 aromatic heterocycles. The van der Waals surface area contributed by atoms with Crippen molar-refractivity contribution >= 4 is 18.0 Å². The summed E-state index contributed by atoms with van der Waals surface area (Å²) in [6.45, 7) is 10.5. The number of amides is 2. The van der Waals surface area contributed by atoms with Gasteiger partial charge in [-0.15, -0.1) is 0 Å². The van der Waals surface area contributed by atoms with E-state index in [9.17, 15) is 14.4 Å². The third-order valence-electron chi connectivity index (χ3n) is 3.44. The summed E-state index contributed by atoms with van der Waals surface area (Å²) in [5, 5.41) is 5.08. The average Bonchev–Trinajstić information content (AvgIpc) is 2.54. The molecule has 1 aromatic carbocycles. The van der Waals surface area contributed by atoms with Crippen LogP contribution in [-0.4, -0.2) is 36.2 Å². The van der Waals surface area contributed by atoms with E-state index >= 15 is 0 Å². The summed E-state index contributed by atoms with van der Waals surface area (Å²) in [6, 6.07) is 8.38. The van der Waals surface area contributed by atoms with Gasteiger partial charge in [0.1, 0.15) is 24.8 Å². The molecule has 0 fully saturated rings. The smallest absolute Gasteiger partial charge is 0.408 e. The van der Waals surface area contributed by atoms with E-state index in [1.807, 2.05) is 51.1 Å². The summed E-state index contributed by atoms with van der Waals surface area (Å²) in [6.07, 6.45) is -0.691. The number of rotatable bonds is 6. The molecule has 0 saturated carbocycles. The molecule has 0 heterocycles. The van der Waals surface area contributed by atoms with E-state index in [0.29, 0.717) is 0 Å². The van der Waals surface area contributed by atoms with Gasteiger partial charge >= 0.3 is 12.1 Å². The summed E-state index contributed by atoms with van der Waals surface area (Å²) in [7, 11) is 0. The predicted octanol–water partition coefficient (Wildman–Crippen LogP) is 2.79. The van der Waals surface area contributed by atoms with Crippen molar-refractivity contribution in [2.24, 2.45) is 5.41 Å². The van der Waals surface area contributed by atoms with Crippen LogP contribution < -0.4 is 10.6 Å². The maximum atomic E-state index is 12.5. The molecule has 27 heavy (non-hydrogen) atoms. The molecule has 1 unspecified atom stereocenters. The van der Waals surface area contributed by atoms with Crippen LogP contribution in [0.3, 0.4) is 0 Å². The van der Waals surface area contributed by atoms with Crippen molar-refractivity contribution in [1.82, 2.24) is 10.6 Å². The molecule has 0 aliphatic rings. The molecule has 7 heteroatoms. The van der Waals surface area contributed by atoms with Gasteiger partial charge in [0.2, 0.25) is 5.91 Å². The lowest BCUT2D eigenvalue weighted by atomic mass is 9.86. The lowest BCUT2D eigenvalue weighted by Gasteiger charge is -2.31. The minimum Gasteiger partial charge on any atom is -0.460 e. The second-order valence-electron chi connectivity index (χ2n) is 8.31. The first kappa shape index (κ1) is 22.5. The number of hydrogen-bond donors (Lipinski definition) is 2. The first-order valence-corrected chi connectivity index (χ1v) is 8.85. The maximum absolute atomic E-state index is 12.5. The van der Waals surface area contributed by atoms with E-state index in [4.69, 9.17) is 9.47 Å². The molecular formula is C20H30N2O5. The van der Waals surface area contributed by atoms with Crippen molar-refractivity contribution in [3.63, 3.8) is 0 Å². The van der Waals surface area contributed by atoms with E-state index in [1.165, 1.54) is 0 Å². The highest BCUT2D eigenvalue weighted by Crippen LogP contribution is 2.20. The van der Waals surface area contributed by atoms with Crippen molar-refractivity contribution < 1.29 is 23.9 Å². The number of esters is 1. The molecule has 0 saturated heterocycles. The van der Waals surface area contributed by atoms with Gasteiger partial charge in [0, 0.05) is 0 Å². The van der Waals surface area contributed by atoms with Crippen LogP contribution in [0.1, 0.15) is 47.1 Å². The normalized spacial score (nSPS) is 12.7. The van der Waals surface area contributed by atoms with E-state index in [2.05, 4.69) is 10.6 Å². The Hall–Kier alpha value is -2.57. The number of hydrogen-bond acceptors (Lipinski definition) is 5. The molecule has 2 amide bonds. The zero-order valence-corrected chi connectivity index (χ0v) is 16.9. The summed E-state index contributed by atoms with van der Waals surface area (Å²) >= 11 is 0. The largest absolute Gasteiger partial charge is 0.460 e. The fourth-order valence-corrected chi connectivity index (χ4v) is 2.15. The highest BCUT2D eigenvalue weighted by atomic mass is 16.6. The Balaban J connectivity index is 2.56. The molecule has 150 valence electrons. The van der Waals surface area contributed by atoms with Gasteiger partial charge in [0.25, 0.3) is 0 Å². The van der Waals surface area contributed by atoms with Crippen LogP contribution in [0.4, 0.5) is 4.79 Å². The molecule has 7 nitrogen and oxygen atoms in total. The molecule has 0 aliphatic heterocycles. The number of carbonyl (C=O) groups excluding carboxylic acids is 3. The van der Waals surface area contributed by atoms with Gasteiger partial charge in [-0.05, 0) is 31.7 Å². The maximum Gasteiger partial charge on any atom is 0.408 e. The second-order valence-corrected chi connectivity index (χ2v) is 8.31. The SMILES string of the molecule is CC(C)(C)OC(=O)NC(C(=O)NCC(=O)OCc1ccccc1)C(C)(C)C. The lowest BCUT2D eigenvalue weighted by molar-refractivity contribution is -0.145. The van der Waals surface area contributed by atoms with E-state index in [0.717, 1.165) is 5.56 Å². The molecule has 1 rings (SSSR count). The zero-order chi connectivity index (χ0) is 20.7. The summed E-state index contributed by atoms with van der Waals surface area (Å²) in [5.74, 6) is -1.04. The standard InChI is InChI=1S/C20H30N2O5/c1-19(2,3)16(22-18(25)27-20(4,5)6)17(24)21-12-15(23)26-13-14-10-8-7-9-11-14/h7-11,16H,12-13H2,1-6H3,(H,21,24)(H,22,25). The van der Waals surface area contributed by atoms with E-state index in [1.54, 1.807) is 20.8 Å². The third-order valence-corrected chi connectivity index (χ3v) is 3.44. The topological polar surface area (TPSA) is 93.7 Å². The van der Waals surface area contributed by atoms with Crippen molar-refractivity contribution in [3.8, 4) is 0 Å². The summed E-state index contributed by atoms with van der Waals surface area (Å²) < 4.78 is 10.3. The van der Waals surface area contributed by atoms with Gasteiger partial charge < -0.3 is 20.1 Å². The quantitative estimate of drug-likeness (QED) is 0.743. The number of ether oxygens (including phenoxy) is 2. The highest BCUT2D eigenvalue weighted by molar-refractivity contribution is 5.88. The second kappa shape index (κ2) is 9.39.